The van der Waals surface area contributed by atoms with E-state index in [1.165, 1.54) is 0 Å². The molecule has 0 aliphatic carbocycles. The van der Waals surface area contributed by atoms with Crippen LogP contribution in [0.25, 0.3) is 0 Å². The van der Waals surface area contributed by atoms with Crippen molar-refractivity contribution in [2.75, 3.05) is 78.1 Å². The maximum absolute atomic E-state index is 13.1. The number of hydrogen-bond acceptors (Lipinski definition) is 7. The second kappa shape index (κ2) is 11.1. The van der Waals surface area contributed by atoms with Gasteiger partial charge in [0.25, 0.3) is 5.91 Å². The van der Waals surface area contributed by atoms with E-state index in [1.807, 2.05) is 24.3 Å². The maximum Gasteiger partial charge on any atom is 0.255 e. The van der Waals surface area contributed by atoms with Crippen LogP contribution in [0.2, 0.25) is 0 Å². The van der Waals surface area contributed by atoms with Crippen molar-refractivity contribution in [3.05, 3.63) is 42.0 Å². The molecular formula is C25H36N4O4. The molecule has 8 heteroatoms. The summed E-state index contributed by atoms with van der Waals surface area (Å²) >= 11 is 0. The molecule has 0 saturated carbocycles. The van der Waals surface area contributed by atoms with Crippen molar-refractivity contribution in [1.82, 2.24) is 9.91 Å². The number of carbonyl (C=O) groups is 1. The first-order valence-corrected chi connectivity index (χ1v) is 11.3. The SMILES string of the molecule is CCCN(c1cc(OC)c(OC)cc1C(=O)N(C)C)N1CCN(c2ccccc2OC)CC1. The van der Waals surface area contributed by atoms with Crippen LogP contribution < -0.4 is 24.1 Å². The number of nitrogens with zero attached hydrogens (tertiary/aromatic N) is 4. The number of ether oxygens (including phenoxy) is 3. The van der Waals surface area contributed by atoms with E-state index in [0.29, 0.717) is 17.1 Å². The van der Waals surface area contributed by atoms with Crippen LogP contribution in [0, 0.1) is 0 Å². The second-order valence-corrected chi connectivity index (χ2v) is 8.16. The molecule has 1 aliphatic rings. The smallest absolute Gasteiger partial charge is 0.255 e. The molecule has 3 rings (SSSR count). The van der Waals surface area contributed by atoms with E-state index in [1.54, 1.807) is 46.4 Å². The molecule has 8 nitrogen and oxygen atoms in total. The normalized spacial score (nSPS) is 14.1. The van der Waals surface area contributed by atoms with Gasteiger partial charge in [0, 0.05) is 52.9 Å². The third-order valence-electron chi connectivity index (χ3n) is 5.88. The predicted octanol–water partition coefficient (Wildman–Crippen LogP) is 3.37. The Morgan fingerprint density at radius 2 is 1.52 bits per heavy atom. The summed E-state index contributed by atoms with van der Waals surface area (Å²) in [5, 5.41) is 4.54. The molecule has 0 aromatic heterocycles. The van der Waals surface area contributed by atoms with Crippen molar-refractivity contribution in [2.24, 2.45) is 0 Å². The quantitative estimate of drug-likeness (QED) is 0.573. The number of hydrazine groups is 1. The van der Waals surface area contributed by atoms with E-state index in [9.17, 15) is 4.79 Å². The first kappa shape index (κ1) is 24.5. The van der Waals surface area contributed by atoms with Crippen molar-refractivity contribution in [3.8, 4) is 17.2 Å². The van der Waals surface area contributed by atoms with Crippen LogP contribution in [-0.2, 0) is 0 Å². The monoisotopic (exact) mass is 456 g/mol. The molecule has 33 heavy (non-hydrogen) atoms. The van der Waals surface area contributed by atoms with E-state index in [4.69, 9.17) is 14.2 Å². The Morgan fingerprint density at radius 1 is 0.909 bits per heavy atom. The van der Waals surface area contributed by atoms with Gasteiger partial charge in [0.2, 0.25) is 0 Å². The molecular weight excluding hydrogens is 420 g/mol. The molecule has 180 valence electrons. The van der Waals surface area contributed by atoms with E-state index in [0.717, 1.165) is 56.3 Å². The Balaban J connectivity index is 1.92. The van der Waals surface area contributed by atoms with Crippen LogP contribution >= 0.6 is 0 Å². The molecule has 0 spiro atoms. The predicted molar refractivity (Wildman–Crippen MR) is 132 cm³/mol. The number of carbonyl (C=O) groups excluding carboxylic acids is 1. The molecule has 0 radical (unpaired) electrons. The molecule has 1 amide bonds. The molecule has 1 saturated heterocycles. The summed E-state index contributed by atoms with van der Waals surface area (Å²) in [5.74, 6) is 1.97. The molecule has 2 aromatic carbocycles. The highest BCUT2D eigenvalue weighted by molar-refractivity contribution is 6.00. The summed E-state index contributed by atoms with van der Waals surface area (Å²) in [6.07, 6.45) is 0.941. The van der Waals surface area contributed by atoms with Crippen LogP contribution in [0.3, 0.4) is 0 Å². The van der Waals surface area contributed by atoms with E-state index in [-0.39, 0.29) is 5.91 Å². The molecule has 1 fully saturated rings. The van der Waals surface area contributed by atoms with E-state index in [2.05, 4.69) is 27.9 Å². The first-order valence-electron chi connectivity index (χ1n) is 11.3. The molecule has 0 N–H and O–H groups in total. The summed E-state index contributed by atoms with van der Waals surface area (Å²) in [6.45, 7) is 6.28. The van der Waals surface area contributed by atoms with Gasteiger partial charge in [0.1, 0.15) is 5.75 Å². The highest BCUT2D eigenvalue weighted by Crippen LogP contribution is 2.37. The average Bonchev–Trinajstić information content (AvgIpc) is 2.86. The van der Waals surface area contributed by atoms with Gasteiger partial charge in [-0.2, -0.15) is 0 Å². The van der Waals surface area contributed by atoms with Gasteiger partial charge in [0.15, 0.2) is 11.5 Å². The lowest BCUT2D eigenvalue weighted by molar-refractivity contribution is 0.0826. The Kier molecular flexibility index (Phi) is 8.27. The van der Waals surface area contributed by atoms with Crippen LogP contribution in [0.5, 0.6) is 17.2 Å². The summed E-state index contributed by atoms with van der Waals surface area (Å²) in [7, 11) is 8.43. The minimum absolute atomic E-state index is 0.0697. The van der Waals surface area contributed by atoms with Gasteiger partial charge in [-0.25, -0.2) is 5.01 Å². The number of rotatable bonds is 9. The van der Waals surface area contributed by atoms with E-state index < -0.39 is 0 Å². The number of amides is 1. The lowest BCUT2D eigenvalue weighted by Gasteiger charge is -2.43. The molecule has 0 bridgehead atoms. The Morgan fingerprint density at radius 3 is 2.09 bits per heavy atom. The highest BCUT2D eigenvalue weighted by Gasteiger charge is 2.28. The molecule has 0 atom stereocenters. The van der Waals surface area contributed by atoms with Gasteiger partial charge in [-0.15, -0.1) is 0 Å². The second-order valence-electron chi connectivity index (χ2n) is 8.16. The van der Waals surface area contributed by atoms with Gasteiger partial charge < -0.3 is 29.0 Å². The third-order valence-corrected chi connectivity index (χ3v) is 5.88. The number of benzene rings is 2. The maximum atomic E-state index is 13.1. The number of anilines is 2. The topological polar surface area (TPSA) is 57.7 Å². The van der Waals surface area contributed by atoms with Crippen LogP contribution in [0.1, 0.15) is 23.7 Å². The van der Waals surface area contributed by atoms with Gasteiger partial charge in [-0.05, 0) is 24.6 Å². The van der Waals surface area contributed by atoms with Gasteiger partial charge in [-0.3, -0.25) is 4.79 Å². The minimum Gasteiger partial charge on any atom is -0.495 e. The Labute approximate surface area is 197 Å². The molecule has 2 aromatic rings. The van der Waals surface area contributed by atoms with Crippen LogP contribution in [0.15, 0.2) is 36.4 Å². The van der Waals surface area contributed by atoms with Gasteiger partial charge in [0.05, 0.1) is 38.3 Å². The molecule has 1 heterocycles. The first-order chi connectivity index (χ1) is 15.9. The lowest BCUT2D eigenvalue weighted by Crippen LogP contribution is -2.54. The fourth-order valence-corrected chi connectivity index (χ4v) is 4.19. The van der Waals surface area contributed by atoms with Crippen molar-refractivity contribution in [2.45, 2.75) is 13.3 Å². The van der Waals surface area contributed by atoms with Crippen molar-refractivity contribution in [3.63, 3.8) is 0 Å². The fourth-order valence-electron chi connectivity index (χ4n) is 4.19. The van der Waals surface area contributed by atoms with Crippen molar-refractivity contribution >= 4 is 17.3 Å². The number of para-hydroxylation sites is 2. The van der Waals surface area contributed by atoms with Gasteiger partial charge in [-0.1, -0.05) is 19.1 Å². The Bertz CT molecular complexity index is 942. The van der Waals surface area contributed by atoms with Crippen molar-refractivity contribution < 1.29 is 19.0 Å². The standard InChI is InChI=1S/C25H36N4O4/c1-7-12-29(21-18-24(33-6)23(32-5)17-19(21)25(30)26(2)3)28-15-13-27(14-16-28)20-10-8-9-11-22(20)31-4/h8-11,17-18H,7,12-16H2,1-6H3. The van der Waals surface area contributed by atoms with Crippen LogP contribution in [0.4, 0.5) is 11.4 Å². The lowest BCUT2D eigenvalue weighted by atomic mass is 10.1. The third kappa shape index (κ3) is 5.27. The zero-order valence-corrected chi connectivity index (χ0v) is 20.6. The fraction of sp³-hybridized carbons (Fsp3) is 0.480. The van der Waals surface area contributed by atoms with Crippen LogP contribution in [-0.4, -0.2) is 84.0 Å². The molecule has 0 unspecified atom stereocenters. The zero-order valence-electron chi connectivity index (χ0n) is 20.6. The number of methoxy groups -OCH3 is 3. The summed E-state index contributed by atoms with van der Waals surface area (Å²) in [4.78, 5) is 17.0. The van der Waals surface area contributed by atoms with Gasteiger partial charge >= 0.3 is 0 Å². The van der Waals surface area contributed by atoms with E-state index >= 15 is 0 Å². The highest BCUT2D eigenvalue weighted by atomic mass is 16.5. The minimum atomic E-state index is -0.0697. The summed E-state index contributed by atoms with van der Waals surface area (Å²) in [5.41, 5.74) is 2.54. The summed E-state index contributed by atoms with van der Waals surface area (Å²) in [6, 6.07) is 11.8. The summed E-state index contributed by atoms with van der Waals surface area (Å²) < 4.78 is 16.6. The average molecular weight is 457 g/mol. The Hall–Kier alpha value is -3.13. The van der Waals surface area contributed by atoms with Crippen molar-refractivity contribution in [1.29, 1.82) is 0 Å². The number of hydrogen-bond donors (Lipinski definition) is 0. The molecule has 1 aliphatic heterocycles. The zero-order chi connectivity index (χ0) is 24.0. The number of piperazine rings is 1. The largest absolute Gasteiger partial charge is 0.495 e.